The van der Waals surface area contributed by atoms with Crippen molar-refractivity contribution >= 4 is 40.3 Å². The van der Waals surface area contributed by atoms with Crippen LogP contribution < -0.4 is 10.6 Å². The maximum absolute atomic E-state index is 12.5. The van der Waals surface area contributed by atoms with Crippen LogP contribution in [0, 0.1) is 6.92 Å². The van der Waals surface area contributed by atoms with E-state index in [1.54, 1.807) is 12.1 Å². The third-order valence-corrected chi connectivity index (χ3v) is 3.89. The van der Waals surface area contributed by atoms with E-state index in [0.717, 1.165) is 16.5 Å². The molecule has 0 bridgehead atoms. The molecule has 0 fully saturated rings. The van der Waals surface area contributed by atoms with E-state index in [1.165, 1.54) is 0 Å². The predicted molar refractivity (Wildman–Crippen MR) is 90.3 cm³/mol. The Bertz CT molecular complexity index is 813. The maximum Gasteiger partial charge on any atom is 0.322 e. The highest BCUT2D eigenvalue weighted by molar-refractivity contribution is 6.31. The van der Waals surface area contributed by atoms with Crippen LogP contribution in [-0.2, 0) is 16.1 Å². The monoisotopic (exact) mass is 351 g/mol. The fraction of sp³-hybridized carbons (Fsp3) is 0.312. The number of benzene rings is 1. The van der Waals surface area contributed by atoms with Crippen LogP contribution in [-0.4, -0.2) is 40.5 Å². The van der Waals surface area contributed by atoms with Gasteiger partial charge in [-0.3, -0.25) is 14.4 Å². The average Bonchev–Trinajstić information content (AvgIpc) is 2.82. The summed E-state index contributed by atoms with van der Waals surface area (Å²) < 4.78 is 1.85. The zero-order chi connectivity index (χ0) is 17.9. The second-order valence-corrected chi connectivity index (χ2v) is 5.67. The SMILES string of the molecule is CCn1c(C(=O)NCC(=O)NCC(=O)O)c(C)c2cc(Cl)ccc21. The normalized spacial score (nSPS) is 10.6. The van der Waals surface area contributed by atoms with Crippen molar-refractivity contribution in [3.05, 3.63) is 34.5 Å². The number of carbonyl (C=O) groups excluding carboxylic acids is 2. The van der Waals surface area contributed by atoms with Crippen molar-refractivity contribution in [1.82, 2.24) is 15.2 Å². The first-order chi connectivity index (χ1) is 11.3. The Balaban J connectivity index is 2.21. The average molecular weight is 352 g/mol. The number of carboxylic acid groups (broad SMARTS) is 1. The molecule has 2 amide bonds. The van der Waals surface area contributed by atoms with Crippen LogP contribution in [0.1, 0.15) is 23.0 Å². The summed E-state index contributed by atoms with van der Waals surface area (Å²) in [7, 11) is 0. The lowest BCUT2D eigenvalue weighted by molar-refractivity contribution is -0.137. The van der Waals surface area contributed by atoms with Gasteiger partial charge in [0.1, 0.15) is 12.2 Å². The third kappa shape index (κ3) is 3.68. The number of carbonyl (C=O) groups is 3. The fourth-order valence-corrected chi connectivity index (χ4v) is 2.77. The Morgan fingerprint density at radius 2 is 1.92 bits per heavy atom. The maximum atomic E-state index is 12.5. The third-order valence-electron chi connectivity index (χ3n) is 3.66. The molecule has 0 aliphatic heterocycles. The quantitative estimate of drug-likeness (QED) is 0.735. The first-order valence-corrected chi connectivity index (χ1v) is 7.78. The van der Waals surface area contributed by atoms with E-state index in [2.05, 4.69) is 10.6 Å². The Kier molecular flexibility index (Phi) is 5.46. The molecule has 0 aliphatic carbocycles. The second kappa shape index (κ2) is 7.35. The predicted octanol–water partition coefficient (Wildman–Crippen LogP) is 1.55. The van der Waals surface area contributed by atoms with E-state index < -0.39 is 24.3 Å². The molecule has 0 saturated carbocycles. The van der Waals surface area contributed by atoms with Gasteiger partial charge in [0.15, 0.2) is 0 Å². The Hall–Kier alpha value is -2.54. The molecule has 3 N–H and O–H groups in total. The lowest BCUT2D eigenvalue weighted by Crippen LogP contribution is -2.39. The summed E-state index contributed by atoms with van der Waals surface area (Å²) in [6, 6.07) is 5.41. The minimum Gasteiger partial charge on any atom is -0.480 e. The number of hydrogen-bond acceptors (Lipinski definition) is 3. The summed E-state index contributed by atoms with van der Waals surface area (Å²) in [4.78, 5) is 34.4. The lowest BCUT2D eigenvalue weighted by Gasteiger charge is -2.09. The Labute approximate surface area is 143 Å². The lowest BCUT2D eigenvalue weighted by atomic mass is 10.1. The van der Waals surface area contributed by atoms with Crippen molar-refractivity contribution in [1.29, 1.82) is 0 Å². The topological polar surface area (TPSA) is 100 Å². The molecule has 0 radical (unpaired) electrons. The summed E-state index contributed by atoms with van der Waals surface area (Å²) in [5, 5.41) is 14.7. The molecule has 0 aliphatic rings. The van der Waals surface area contributed by atoms with Crippen molar-refractivity contribution < 1.29 is 19.5 Å². The van der Waals surface area contributed by atoms with Crippen molar-refractivity contribution in [3.8, 4) is 0 Å². The number of aryl methyl sites for hydroxylation is 2. The number of rotatable bonds is 6. The summed E-state index contributed by atoms with van der Waals surface area (Å²) >= 11 is 6.03. The van der Waals surface area contributed by atoms with Crippen LogP contribution >= 0.6 is 11.6 Å². The minimum absolute atomic E-state index is 0.294. The molecular weight excluding hydrogens is 334 g/mol. The molecule has 0 saturated heterocycles. The van der Waals surface area contributed by atoms with Gasteiger partial charge in [-0.2, -0.15) is 0 Å². The molecule has 2 rings (SSSR count). The van der Waals surface area contributed by atoms with Gasteiger partial charge in [0.2, 0.25) is 5.91 Å². The van der Waals surface area contributed by atoms with Crippen LogP contribution in [0.4, 0.5) is 0 Å². The number of nitrogens with zero attached hydrogens (tertiary/aromatic N) is 1. The Morgan fingerprint density at radius 1 is 1.21 bits per heavy atom. The molecule has 1 aromatic heterocycles. The number of fused-ring (bicyclic) bond motifs is 1. The number of carboxylic acids is 1. The molecule has 0 unspecified atom stereocenters. The van der Waals surface area contributed by atoms with Crippen LogP contribution in [0.15, 0.2) is 18.2 Å². The van der Waals surface area contributed by atoms with E-state index in [1.807, 2.05) is 24.5 Å². The molecule has 1 aromatic carbocycles. The number of hydrogen-bond donors (Lipinski definition) is 3. The molecule has 0 atom stereocenters. The van der Waals surface area contributed by atoms with Crippen molar-refractivity contribution in [3.63, 3.8) is 0 Å². The van der Waals surface area contributed by atoms with Crippen LogP contribution in [0.3, 0.4) is 0 Å². The number of amides is 2. The molecule has 1 heterocycles. The van der Waals surface area contributed by atoms with Crippen molar-refractivity contribution in [2.75, 3.05) is 13.1 Å². The summed E-state index contributed by atoms with van der Waals surface area (Å²) in [5.41, 5.74) is 2.12. The van der Waals surface area contributed by atoms with E-state index in [0.29, 0.717) is 17.3 Å². The van der Waals surface area contributed by atoms with Gasteiger partial charge in [0, 0.05) is 22.5 Å². The van der Waals surface area contributed by atoms with Gasteiger partial charge in [0.25, 0.3) is 5.91 Å². The second-order valence-electron chi connectivity index (χ2n) is 5.23. The van der Waals surface area contributed by atoms with Crippen molar-refractivity contribution in [2.24, 2.45) is 0 Å². The zero-order valence-corrected chi connectivity index (χ0v) is 14.1. The molecule has 128 valence electrons. The highest BCUT2D eigenvalue weighted by Gasteiger charge is 2.20. The molecule has 2 aromatic rings. The zero-order valence-electron chi connectivity index (χ0n) is 13.4. The first-order valence-electron chi connectivity index (χ1n) is 7.40. The molecule has 24 heavy (non-hydrogen) atoms. The number of nitrogens with one attached hydrogen (secondary N) is 2. The van der Waals surface area contributed by atoms with Crippen LogP contribution in [0.25, 0.3) is 10.9 Å². The van der Waals surface area contributed by atoms with Crippen LogP contribution in [0.2, 0.25) is 5.02 Å². The fourth-order valence-electron chi connectivity index (χ4n) is 2.60. The minimum atomic E-state index is -1.14. The highest BCUT2D eigenvalue weighted by Crippen LogP contribution is 2.28. The molecule has 0 spiro atoms. The summed E-state index contributed by atoms with van der Waals surface area (Å²) in [6.45, 7) is 3.55. The molecule has 7 nitrogen and oxygen atoms in total. The first kappa shape index (κ1) is 17.8. The van der Waals surface area contributed by atoms with Crippen molar-refractivity contribution in [2.45, 2.75) is 20.4 Å². The largest absolute Gasteiger partial charge is 0.480 e. The van der Waals surface area contributed by atoms with E-state index >= 15 is 0 Å². The summed E-state index contributed by atoms with van der Waals surface area (Å²) in [5.74, 6) is -2.11. The highest BCUT2D eigenvalue weighted by atomic mass is 35.5. The van der Waals surface area contributed by atoms with Gasteiger partial charge < -0.3 is 20.3 Å². The van der Waals surface area contributed by atoms with E-state index in [9.17, 15) is 14.4 Å². The molecular formula is C16H18ClN3O4. The standard InChI is InChI=1S/C16H18ClN3O4/c1-3-20-12-5-4-10(17)6-11(12)9(2)15(20)16(24)19-7-13(21)18-8-14(22)23/h4-6H,3,7-8H2,1-2H3,(H,18,21)(H,19,24)(H,22,23). The van der Waals surface area contributed by atoms with Gasteiger partial charge in [0.05, 0.1) is 6.54 Å². The number of aromatic nitrogens is 1. The van der Waals surface area contributed by atoms with E-state index in [4.69, 9.17) is 16.7 Å². The number of halogens is 1. The summed E-state index contributed by atoms with van der Waals surface area (Å²) in [6.07, 6.45) is 0. The molecule has 8 heteroatoms. The van der Waals surface area contributed by atoms with Gasteiger partial charge in [-0.1, -0.05) is 11.6 Å². The smallest absolute Gasteiger partial charge is 0.322 e. The van der Waals surface area contributed by atoms with Gasteiger partial charge in [-0.05, 0) is 37.6 Å². The van der Waals surface area contributed by atoms with E-state index in [-0.39, 0.29) is 6.54 Å². The number of aliphatic carboxylic acids is 1. The van der Waals surface area contributed by atoms with Gasteiger partial charge in [-0.15, -0.1) is 0 Å². The Morgan fingerprint density at radius 3 is 2.54 bits per heavy atom. The van der Waals surface area contributed by atoms with Crippen LogP contribution in [0.5, 0.6) is 0 Å². The van der Waals surface area contributed by atoms with Gasteiger partial charge >= 0.3 is 5.97 Å². The van der Waals surface area contributed by atoms with Gasteiger partial charge in [-0.25, -0.2) is 0 Å².